The highest BCUT2D eigenvalue weighted by molar-refractivity contribution is 6.30. The number of rotatable bonds is 7. The van der Waals surface area contributed by atoms with Crippen LogP contribution in [0.3, 0.4) is 0 Å². The Bertz CT molecular complexity index is 1070. The molecule has 0 unspecified atom stereocenters. The smallest absolute Gasteiger partial charge is 0.303 e. The Hall–Kier alpha value is -3.39. The van der Waals surface area contributed by atoms with Gasteiger partial charge in [0.25, 0.3) is 5.95 Å². The molecule has 2 aromatic carbocycles. The van der Waals surface area contributed by atoms with E-state index in [1.807, 2.05) is 42.5 Å². The summed E-state index contributed by atoms with van der Waals surface area (Å²) >= 11 is 6.07. The second-order valence-electron chi connectivity index (χ2n) is 7.41. The lowest BCUT2D eigenvalue weighted by Gasteiger charge is -2.31. The van der Waals surface area contributed by atoms with Gasteiger partial charge in [0.2, 0.25) is 11.9 Å². The Morgan fingerprint density at radius 3 is 2.55 bits per heavy atom. The van der Waals surface area contributed by atoms with E-state index in [1.54, 1.807) is 4.68 Å². The van der Waals surface area contributed by atoms with Gasteiger partial charge in [0, 0.05) is 17.9 Å². The van der Waals surface area contributed by atoms with E-state index in [0.717, 1.165) is 17.5 Å². The highest BCUT2D eigenvalue weighted by Crippen LogP contribution is 2.38. The van der Waals surface area contributed by atoms with E-state index < -0.39 is 5.97 Å². The lowest BCUT2D eigenvalue weighted by molar-refractivity contribution is -0.137. The molecule has 0 bridgehead atoms. The van der Waals surface area contributed by atoms with Crippen LogP contribution in [0, 0.1) is 0 Å². The van der Waals surface area contributed by atoms with Gasteiger partial charge >= 0.3 is 5.97 Å². The number of fused-ring (bicyclic) bond motifs is 1. The number of carbonyl (C=O) groups is 2. The number of carboxylic acids is 1. The van der Waals surface area contributed by atoms with Crippen molar-refractivity contribution in [1.29, 1.82) is 0 Å². The number of nitrogens with one attached hydrogen (secondary N) is 2. The normalized spacial score (nSPS) is 17.5. The number of hydrogen-bond acceptors (Lipinski definition) is 5. The second-order valence-corrected chi connectivity index (χ2v) is 7.85. The van der Waals surface area contributed by atoms with Crippen LogP contribution < -0.4 is 10.6 Å². The average Bonchev–Trinajstić information content (AvgIpc) is 3.16. The van der Waals surface area contributed by atoms with E-state index in [4.69, 9.17) is 16.7 Å². The van der Waals surface area contributed by atoms with Crippen molar-refractivity contribution in [2.75, 3.05) is 10.6 Å². The van der Waals surface area contributed by atoms with Gasteiger partial charge in [-0.3, -0.25) is 14.9 Å². The van der Waals surface area contributed by atoms with E-state index >= 15 is 0 Å². The SMILES string of the molecule is O=C(O)CCCC(=O)Nc1nc2n(n1)[C@@H](c1ccc(Cl)cc1)C[C@@H](c1ccccc1)N2. The maximum Gasteiger partial charge on any atom is 0.303 e. The van der Waals surface area contributed by atoms with Crippen molar-refractivity contribution in [3.63, 3.8) is 0 Å². The number of aliphatic carboxylic acids is 1. The minimum Gasteiger partial charge on any atom is -0.481 e. The first-order valence-corrected chi connectivity index (χ1v) is 10.4. The fourth-order valence-electron chi connectivity index (χ4n) is 3.68. The summed E-state index contributed by atoms with van der Waals surface area (Å²) in [6.07, 6.45) is 1.04. The molecule has 31 heavy (non-hydrogen) atoms. The number of aromatic nitrogens is 3. The number of hydrogen-bond donors (Lipinski definition) is 3. The number of benzene rings is 2. The number of halogens is 1. The van der Waals surface area contributed by atoms with Gasteiger partial charge in [-0.2, -0.15) is 4.98 Å². The quantitative estimate of drug-likeness (QED) is 0.507. The van der Waals surface area contributed by atoms with Crippen LogP contribution in [-0.4, -0.2) is 31.7 Å². The topological polar surface area (TPSA) is 109 Å². The zero-order chi connectivity index (χ0) is 21.8. The molecule has 1 aliphatic rings. The molecule has 160 valence electrons. The summed E-state index contributed by atoms with van der Waals surface area (Å²) in [4.78, 5) is 27.3. The first kappa shape index (κ1) is 20.9. The molecule has 0 saturated heterocycles. The first-order valence-electron chi connectivity index (χ1n) is 10.0. The molecular weight excluding hydrogens is 418 g/mol. The van der Waals surface area contributed by atoms with Crippen LogP contribution in [0.25, 0.3) is 0 Å². The molecule has 1 amide bonds. The Labute approximate surface area is 184 Å². The molecule has 0 saturated carbocycles. The molecule has 3 aromatic rings. The molecule has 0 fully saturated rings. The average molecular weight is 440 g/mol. The van der Waals surface area contributed by atoms with E-state index in [-0.39, 0.29) is 43.2 Å². The standard InChI is InChI=1S/C22H22ClN5O3/c23-16-11-9-15(10-12-16)18-13-17(14-5-2-1-3-6-14)24-22-26-21(27-28(18)22)25-19(29)7-4-8-20(30)31/h1-3,5-6,9-12,17-18H,4,7-8,13H2,(H,30,31)(H2,24,25,26,27,29)/t17-,18+/m0/s1. The Morgan fingerprint density at radius 1 is 1.10 bits per heavy atom. The van der Waals surface area contributed by atoms with Crippen molar-refractivity contribution >= 4 is 35.4 Å². The number of carboxylic acid groups (broad SMARTS) is 1. The molecule has 2 heterocycles. The van der Waals surface area contributed by atoms with Crippen molar-refractivity contribution in [3.05, 3.63) is 70.7 Å². The molecule has 0 radical (unpaired) electrons. The minimum atomic E-state index is -0.926. The number of amides is 1. The predicted octanol–water partition coefficient (Wildman–Crippen LogP) is 4.27. The van der Waals surface area contributed by atoms with Crippen LogP contribution in [0.2, 0.25) is 5.02 Å². The molecule has 3 N–H and O–H groups in total. The second kappa shape index (κ2) is 9.18. The summed E-state index contributed by atoms with van der Waals surface area (Å²) in [6.45, 7) is 0. The first-order chi connectivity index (χ1) is 15.0. The van der Waals surface area contributed by atoms with Crippen molar-refractivity contribution in [1.82, 2.24) is 14.8 Å². The van der Waals surface area contributed by atoms with Gasteiger partial charge < -0.3 is 10.4 Å². The van der Waals surface area contributed by atoms with Crippen LogP contribution in [0.1, 0.15) is 48.9 Å². The number of nitrogens with zero attached hydrogens (tertiary/aromatic N) is 3. The van der Waals surface area contributed by atoms with Gasteiger partial charge in [-0.25, -0.2) is 4.68 Å². The van der Waals surface area contributed by atoms with E-state index in [1.165, 1.54) is 0 Å². The van der Waals surface area contributed by atoms with Crippen LogP contribution >= 0.6 is 11.6 Å². The Kier molecular flexibility index (Phi) is 6.18. The monoisotopic (exact) mass is 439 g/mol. The highest BCUT2D eigenvalue weighted by atomic mass is 35.5. The summed E-state index contributed by atoms with van der Waals surface area (Å²) in [7, 11) is 0. The minimum absolute atomic E-state index is 0.0256. The number of carbonyl (C=O) groups excluding carboxylic acids is 1. The third-order valence-corrected chi connectivity index (χ3v) is 5.44. The van der Waals surface area contributed by atoms with Crippen LogP contribution in [0.4, 0.5) is 11.9 Å². The fraction of sp³-hybridized carbons (Fsp3) is 0.273. The molecule has 8 nitrogen and oxygen atoms in total. The lowest BCUT2D eigenvalue weighted by atomic mass is 9.93. The molecule has 0 aliphatic carbocycles. The molecule has 0 spiro atoms. The van der Waals surface area contributed by atoms with Gasteiger partial charge in [0.15, 0.2) is 0 Å². The largest absolute Gasteiger partial charge is 0.481 e. The maximum atomic E-state index is 12.2. The van der Waals surface area contributed by atoms with Gasteiger partial charge in [-0.1, -0.05) is 54.1 Å². The summed E-state index contributed by atoms with van der Waals surface area (Å²) < 4.78 is 1.77. The molecule has 1 aromatic heterocycles. The Balaban J connectivity index is 1.59. The summed E-state index contributed by atoms with van der Waals surface area (Å²) in [5.74, 6) is -0.492. The fourth-order valence-corrected chi connectivity index (χ4v) is 3.81. The third kappa shape index (κ3) is 5.03. The molecule has 1 aliphatic heterocycles. The van der Waals surface area contributed by atoms with Crippen LogP contribution in [-0.2, 0) is 9.59 Å². The van der Waals surface area contributed by atoms with E-state index in [9.17, 15) is 9.59 Å². The van der Waals surface area contributed by atoms with Gasteiger partial charge in [0.05, 0.1) is 12.1 Å². The molecule has 4 rings (SSSR count). The van der Waals surface area contributed by atoms with Gasteiger partial charge in [-0.15, -0.1) is 5.10 Å². The summed E-state index contributed by atoms with van der Waals surface area (Å²) in [5.41, 5.74) is 2.17. The molecule has 2 atom stereocenters. The predicted molar refractivity (Wildman–Crippen MR) is 117 cm³/mol. The van der Waals surface area contributed by atoms with E-state index in [0.29, 0.717) is 11.0 Å². The third-order valence-electron chi connectivity index (χ3n) is 5.19. The summed E-state index contributed by atoms with van der Waals surface area (Å²) in [6, 6.07) is 17.7. The maximum absolute atomic E-state index is 12.2. The molecular formula is C22H22ClN5O3. The lowest BCUT2D eigenvalue weighted by Crippen LogP contribution is -2.28. The van der Waals surface area contributed by atoms with Gasteiger partial charge in [-0.05, 0) is 36.1 Å². The van der Waals surface area contributed by atoms with Crippen LogP contribution in [0.15, 0.2) is 54.6 Å². The van der Waals surface area contributed by atoms with Crippen molar-refractivity contribution in [3.8, 4) is 0 Å². The summed E-state index contributed by atoms with van der Waals surface area (Å²) in [5, 5.41) is 20.0. The van der Waals surface area contributed by atoms with Crippen molar-refractivity contribution in [2.24, 2.45) is 0 Å². The highest BCUT2D eigenvalue weighted by Gasteiger charge is 2.31. The van der Waals surface area contributed by atoms with Gasteiger partial charge in [0.1, 0.15) is 0 Å². The zero-order valence-electron chi connectivity index (χ0n) is 16.7. The van der Waals surface area contributed by atoms with Crippen LogP contribution in [0.5, 0.6) is 0 Å². The van der Waals surface area contributed by atoms with E-state index in [2.05, 4.69) is 32.8 Å². The molecule has 9 heteroatoms. The zero-order valence-corrected chi connectivity index (χ0v) is 17.4. The Morgan fingerprint density at radius 2 is 1.84 bits per heavy atom. The van der Waals surface area contributed by atoms with Crippen molar-refractivity contribution in [2.45, 2.75) is 37.8 Å². The van der Waals surface area contributed by atoms with Crippen molar-refractivity contribution < 1.29 is 14.7 Å². The number of anilines is 2.